The molecular formula is C12H17ClO2. The van der Waals surface area contributed by atoms with Gasteiger partial charge in [-0.25, -0.2) is 0 Å². The predicted molar refractivity (Wildman–Crippen MR) is 63.0 cm³/mol. The Morgan fingerprint density at radius 1 is 1.47 bits per heavy atom. The van der Waals surface area contributed by atoms with E-state index in [-0.39, 0.29) is 12.5 Å². The molecule has 2 nitrogen and oxygen atoms in total. The van der Waals surface area contributed by atoms with Crippen molar-refractivity contribution >= 4 is 11.6 Å². The van der Waals surface area contributed by atoms with Crippen LogP contribution >= 0.6 is 11.6 Å². The summed E-state index contributed by atoms with van der Waals surface area (Å²) < 4.78 is 5.37. The van der Waals surface area contributed by atoms with E-state index < -0.39 is 0 Å². The first-order valence-electron chi connectivity index (χ1n) is 4.97. The smallest absolute Gasteiger partial charge is 0.127 e. The Morgan fingerprint density at radius 2 is 2.07 bits per heavy atom. The molecule has 1 aromatic rings. The Labute approximate surface area is 95.8 Å². The number of ether oxygens (including phenoxy) is 1. The number of aliphatic hydroxyl groups is 1. The summed E-state index contributed by atoms with van der Waals surface area (Å²) in [7, 11) is 1.63. The van der Waals surface area contributed by atoms with Crippen molar-refractivity contribution in [3.05, 3.63) is 27.8 Å². The summed E-state index contributed by atoms with van der Waals surface area (Å²) in [5.41, 5.74) is 3.03. The number of halogens is 1. The van der Waals surface area contributed by atoms with Crippen LogP contribution in [0.25, 0.3) is 0 Å². The van der Waals surface area contributed by atoms with Crippen LogP contribution in [-0.4, -0.2) is 18.8 Å². The van der Waals surface area contributed by atoms with E-state index in [0.29, 0.717) is 5.02 Å². The first kappa shape index (κ1) is 12.3. The summed E-state index contributed by atoms with van der Waals surface area (Å²) in [5, 5.41) is 9.91. The molecule has 0 amide bonds. The molecule has 0 saturated carbocycles. The van der Waals surface area contributed by atoms with Gasteiger partial charge >= 0.3 is 0 Å². The summed E-state index contributed by atoms with van der Waals surface area (Å²) >= 11 is 6.08. The Balaban J connectivity index is 3.41. The van der Waals surface area contributed by atoms with E-state index in [4.69, 9.17) is 16.3 Å². The SMILES string of the molecule is COc1c(C)c(Cl)cc(C)c1C(C)CO. The van der Waals surface area contributed by atoms with Crippen molar-refractivity contribution in [2.75, 3.05) is 13.7 Å². The van der Waals surface area contributed by atoms with Gasteiger partial charge in [0.1, 0.15) is 5.75 Å². The van der Waals surface area contributed by atoms with Crippen molar-refractivity contribution in [3.63, 3.8) is 0 Å². The molecule has 1 rings (SSSR count). The molecule has 0 spiro atoms. The zero-order chi connectivity index (χ0) is 11.6. The van der Waals surface area contributed by atoms with Gasteiger partial charge in [0.05, 0.1) is 7.11 Å². The molecular weight excluding hydrogens is 212 g/mol. The minimum absolute atomic E-state index is 0.0657. The van der Waals surface area contributed by atoms with Crippen molar-refractivity contribution in [3.8, 4) is 5.75 Å². The maximum Gasteiger partial charge on any atom is 0.127 e. The number of benzene rings is 1. The van der Waals surface area contributed by atoms with Crippen LogP contribution in [0.4, 0.5) is 0 Å². The van der Waals surface area contributed by atoms with E-state index in [2.05, 4.69) is 0 Å². The molecule has 1 aromatic carbocycles. The Kier molecular flexibility index (Phi) is 4.00. The van der Waals surface area contributed by atoms with Gasteiger partial charge in [-0.2, -0.15) is 0 Å². The van der Waals surface area contributed by atoms with E-state index in [1.54, 1.807) is 7.11 Å². The zero-order valence-electron chi connectivity index (χ0n) is 9.60. The molecule has 1 atom stereocenters. The minimum atomic E-state index is 0.0657. The summed E-state index contributed by atoms with van der Waals surface area (Å²) in [4.78, 5) is 0. The molecule has 0 aliphatic rings. The zero-order valence-corrected chi connectivity index (χ0v) is 10.4. The lowest BCUT2D eigenvalue weighted by Gasteiger charge is -2.19. The molecule has 84 valence electrons. The third-order valence-electron chi connectivity index (χ3n) is 2.68. The Hall–Kier alpha value is -0.730. The third kappa shape index (κ3) is 2.27. The van der Waals surface area contributed by atoms with Gasteiger partial charge in [-0.05, 0) is 25.5 Å². The van der Waals surface area contributed by atoms with E-state index in [9.17, 15) is 5.11 Å². The van der Waals surface area contributed by atoms with Crippen LogP contribution in [0.15, 0.2) is 6.07 Å². The van der Waals surface area contributed by atoms with Gasteiger partial charge in [0.25, 0.3) is 0 Å². The lowest BCUT2D eigenvalue weighted by molar-refractivity contribution is 0.269. The average Bonchev–Trinajstić information content (AvgIpc) is 2.21. The number of methoxy groups -OCH3 is 1. The summed E-state index contributed by atoms with van der Waals surface area (Å²) in [6.07, 6.45) is 0. The number of aliphatic hydroxyl groups excluding tert-OH is 1. The van der Waals surface area contributed by atoms with E-state index in [1.165, 1.54) is 0 Å². The van der Waals surface area contributed by atoms with Gasteiger partial charge in [-0.3, -0.25) is 0 Å². The molecule has 0 fully saturated rings. The van der Waals surface area contributed by atoms with Crippen LogP contribution in [0.1, 0.15) is 29.5 Å². The lowest BCUT2D eigenvalue weighted by Crippen LogP contribution is -2.06. The molecule has 1 unspecified atom stereocenters. The molecule has 0 radical (unpaired) electrons. The van der Waals surface area contributed by atoms with Crippen LogP contribution in [0.5, 0.6) is 5.75 Å². The molecule has 0 saturated heterocycles. The van der Waals surface area contributed by atoms with Crippen molar-refractivity contribution in [1.82, 2.24) is 0 Å². The molecule has 0 bridgehead atoms. The molecule has 1 N–H and O–H groups in total. The molecule has 0 aliphatic heterocycles. The van der Waals surface area contributed by atoms with E-state index in [0.717, 1.165) is 22.4 Å². The van der Waals surface area contributed by atoms with Gasteiger partial charge in [0, 0.05) is 28.7 Å². The fourth-order valence-corrected chi connectivity index (χ4v) is 2.08. The van der Waals surface area contributed by atoms with Gasteiger partial charge < -0.3 is 9.84 Å². The first-order valence-corrected chi connectivity index (χ1v) is 5.35. The summed E-state index contributed by atoms with van der Waals surface area (Å²) in [6.45, 7) is 5.99. The monoisotopic (exact) mass is 228 g/mol. The van der Waals surface area contributed by atoms with Gasteiger partial charge in [-0.1, -0.05) is 18.5 Å². The first-order chi connectivity index (χ1) is 7.02. The van der Waals surface area contributed by atoms with Crippen LogP contribution in [0.3, 0.4) is 0 Å². The van der Waals surface area contributed by atoms with Crippen molar-refractivity contribution < 1.29 is 9.84 Å². The number of hydrogen-bond acceptors (Lipinski definition) is 2. The number of hydrogen-bond donors (Lipinski definition) is 1. The highest BCUT2D eigenvalue weighted by Gasteiger charge is 2.17. The quantitative estimate of drug-likeness (QED) is 0.862. The van der Waals surface area contributed by atoms with Crippen molar-refractivity contribution in [1.29, 1.82) is 0 Å². The standard InChI is InChI=1S/C12H17ClO2/c1-7-5-10(13)9(3)12(15-4)11(7)8(2)6-14/h5,8,14H,6H2,1-4H3. The maximum absolute atomic E-state index is 9.20. The normalized spacial score (nSPS) is 12.7. The second kappa shape index (κ2) is 4.86. The number of rotatable bonds is 3. The van der Waals surface area contributed by atoms with Crippen LogP contribution in [0.2, 0.25) is 5.02 Å². The predicted octanol–water partition coefficient (Wildman–Crippen LogP) is 3.06. The Bertz CT molecular complexity index is 361. The second-order valence-corrected chi connectivity index (χ2v) is 4.24. The fourth-order valence-electron chi connectivity index (χ4n) is 1.83. The summed E-state index contributed by atoms with van der Waals surface area (Å²) in [5.74, 6) is 0.859. The van der Waals surface area contributed by atoms with Gasteiger partial charge in [0.2, 0.25) is 0 Å². The highest BCUT2D eigenvalue weighted by molar-refractivity contribution is 6.31. The number of aryl methyl sites for hydroxylation is 1. The van der Waals surface area contributed by atoms with Gasteiger partial charge in [-0.15, -0.1) is 0 Å². The van der Waals surface area contributed by atoms with Crippen LogP contribution in [-0.2, 0) is 0 Å². The molecule has 15 heavy (non-hydrogen) atoms. The van der Waals surface area contributed by atoms with E-state index >= 15 is 0 Å². The van der Waals surface area contributed by atoms with Gasteiger partial charge in [0.15, 0.2) is 0 Å². The Morgan fingerprint density at radius 3 is 2.53 bits per heavy atom. The van der Waals surface area contributed by atoms with E-state index in [1.807, 2.05) is 26.8 Å². The van der Waals surface area contributed by atoms with Crippen molar-refractivity contribution in [2.45, 2.75) is 26.7 Å². The molecule has 3 heteroatoms. The highest BCUT2D eigenvalue weighted by atomic mass is 35.5. The molecule has 0 aliphatic carbocycles. The topological polar surface area (TPSA) is 29.5 Å². The lowest BCUT2D eigenvalue weighted by atomic mass is 9.93. The largest absolute Gasteiger partial charge is 0.496 e. The summed E-state index contributed by atoms with van der Waals surface area (Å²) in [6, 6.07) is 1.92. The highest BCUT2D eigenvalue weighted by Crippen LogP contribution is 2.36. The third-order valence-corrected chi connectivity index (χ3v) is 3.07. The fraction of sp³-hybridized carbons (Fsp3) is 0.500. The molecule has 0 aromatic heterocycles. The van der Waals surface area contributed by atoms with Crippen molar-refractivity contribution in [2.24, 2.45) is 0 Å². The van der Waals surface area contributed by atoms with Crippen LogP contribution in [0, 0.1) is 13.8 Å². The molecule has 0 heterocycles. The van der Waals surface area contributed by atoms with Crippen LogP contribution < -0.4 is 4.74 Å². The average molecular weight is 229 g/mol. The maximum atomic E-state index is 9.20. The minimum Gasteiger partial charge on any atom is -0.496 e. The second-order valence-electron chi connectivity index (χ2n) is 3.83.